The highest BCUT2D eigenvalue weighted by Gasteiger charge is 2.06. The Morgan fingerprint density at radius 3 is 2.71 bits per heavy atom. The second-order valence-corrected chi connectivity index (χ2v) is 11.3. The Labute approximate surface area is 215 Å². The quantitative estimate of drug-likeness (QED) is 0.134. The minimum absolute atomic E-state index is 0.131. The molecule has 0 bridgehead atoms. The number of benzene rings is 1. The van der Waals surface area contributed by atoms with Gasteiger partial charge in [0.15, 0.2) is 0 Å². The van der Waals surface area contributed by atoms with Crippen LogP contribution in [0.5, 0.6) is 0 Å². The highest BCUT2D eigenvalue weighted by Crippen LogP contribution is 2.27. The molecule has 0 saturated heterocycles. The average molecular weight is 502 g/mol. The number of hydrogen-bond donors (Lipinski definition) is 3. The van der Waals surface area contributed by atoms with Crippen molar-refractivity contribution in [1.82, 2.24) is 16.0 Å². The van der Waals surface area contributed by atoms with E-state index in [0.717, 1.165) is 50.8 Å². The van der Waals surface area contributed by atoms with Crippen LogP contribution in [0.3, 0.4) is 0 Å². The van der Waals surface area contributed by atoms with Crippen molar-refractivity contribution in [3.05, 3.63) is 71.6 Å². The Morgan fingerprint density at radius 2 is 1.88 bits per heavy atom. The molecule has 1 aromatic rings. The van der Waals surface area contributed by atoms with E-state index in [-0.39, 0.29) is 11.3 Å². The number of carbonyl (C=O) groups is 1. The molecule has 1 heterocycles. The fraction of sp³-hybridized carbons (Fsp3) is 0.536. The van der Waals surface area contributed by atoms with Crippen molar-refractivity contribution in [1.29, 1.82) is 0 Å². The van der Waals surface area contributed by atoms with Gasteiger partial charge in [-0.1, -0.05) is 95.5 Å². The lowest BCUT2D eigenvalue weighted by molar-refractivity contribution is -0.120. The molecular weight excluding hydrogens is 458 g/mol. The van der Waals surface area contributed by atoms with Crippen molar-refractivity contribution in [3.8, 4) is 0 Å². The Bertz CT molecular complexity index is 774. The predicted octanol–water partition coefficient (Wildman–Crippen LogP) is 6.65. The number of amides is 1. The molecule has 34 heavy (non-hydrogen) atoms. The van der Waals surface area contributed by atoms with Gasteiger partial charge < -0.3 is 16.0 Å². The van der Waals surface area contributed by atoms with Crippen molar-refractivity contribution in [2.75, 3.05) is 18.8 Å². The molecule has 0 saturated carbocycles. The topological polar surface area (TPSA) is 53.2 Å². The van der Waals surface area contributed by atoms with Crippen molar-refractivity contribution in [2.45, 2.75) is 77.0 Å². The molecule has 1 amide bonds. The van der Waals surface area contributed by atoms with Crippen molar-refractivity contribution >= 4 is 27.5 Å². The largest absolute Gasteiger partial charge is 0.387 e. The molecule has 3 N–H and O–H groups in total. The maximum absolute atomic E-state index is 12.2. The summed E-state index contributed by atoms with van der Waals surface area (Å²) in [5, 5.41) is 10.3. The summed E-state index contributed by atoms with van der Waals surface area (Å²) < 4.78 is 0. The molecule has 0 aliphatic carbocycles. The van der Waals surface area contributed by atoms with Crippen LogP contribution in [-0.2, 0) is 11.2 Å². The minimum Gasteiger partial charge on any atom is -0.387 e. The molecule has 0 aromatic heterocycles. The molecule has 1 aromatic carbocycles. The standard InChI is InChI=1S/C28H43N3OS2/c1-3-4-7-12-26(13-10-11-25-17-15-24(2)16-18-25)29-21-22-30-27(32)19-23-33-34-28-14-8-5-6-9-20-31-28/h8-9,12,14-18,20,28-29,31H,3-7,10-11,13,19,21-23H2,1-2H3,(H,30,32)/b14-8-,20-9-,26-12-. The van der Waals surface area contributed by atoms with E-state index in [1.807, 2.05) is 6.20 Å². The molecule has 6 heteroatoms. The summed E-state index contributed by atoms with van der Waals surface area (Å²) in [5.41, 5.74) is 4.03. The molecule has 188 valence electrons. The van der Waals surface area contributed by atoms with Gasteiger partial charge in [-0.05, 0) is 57.2 Å². The summed E-state index contributed by atoms with van der Waals surface area (Å²) in [6.45, 7) is 5.80. The van der Waals surface area contributed by atoms with Crippen LogP contribution >= 0.6 is 21.6 Å². The summed E-state index contributed by atoms with van der Waals surface area (Å²) >= 11 is 0. The van der Waals surface area contributed by atoms with Crippen LogP contribution in [0.2, 0.25) is 0 Å². The first-order valence-electron chi connectivity index (χ1n) is 12.8. The minimum atomic E-state index is 0.131. The maximum atomic E-state index is 12.2. The lowest BCUT2D eigenvalue weighted by atomic mass is 10.0. The lowest BCUT2D eigenvalue weighted by Crippen LogP contribution is -2.31. The molecule has 1 atom stereocenters. The molecule has 2 rings (SSSR count). The van der Waals surface area contributed by atoms with Crippen molar-refractivity contribution in [2.24, 2.45) is 0 Å². The summed E-state index contributed by atoms with van der Waals surface area (Å²) in [6.07, 6.45) is 20.6. The van der Waals surface area contributed by atoms with Crippen LogP contribution in [0.4, 0.5) is 0 Å². The van der Waals surface area contributed by atoms with Gasteiger partial charge in [0.2, 0.25) is 5.91 Å². The highest BCUT2D eigenvalue weighted by atomic mass is 33.1. The van der Waals surface area contributed by atoms with Gasteiger partial charge in [0.05, 0.1) is 0 Å². The van der Waals surface area contributed by atoms with Gasteiger partial charge in [0.1, 0.15) is 5.37 Å². The molecule has 1 aliphatic rings. The fourth-order valence-electron chi connectivity index (χ4n) is 3.52. The summed E-state index contributed by atoms with van der Waals surface area (Å²) in [5.74, 6) is 0.952. The van der Waals surface area contributed by atoms with Gasteiger partial charge in [-0.15, -0.1) is 0 Å². The number of rotatable bonds is 16. The molecule has 0 fully saturated rings. The van der Waals surface area contributed by atoms with Crippen LogP contribution in [0.25, 0.3) is 0 Å². The summed E-state index contributed by atoms with van der Waals surface area (Å²) in [7, 11) is 3.53. The number of unbranched alkanes of at least 4 members (excludes halogenated alkanes) is 2. The molecule has 0 spiro atoms. The van der Waals surface area contributed by atoms with E-state index in [2.05, 4.69) is 78.4 Å². The zero-order valence-electron chi connectivity index (χ0n) is 21.0. The first-order valence-corrected chi connectivity index (χ1v) is 15.2. The smallest absolute Gasteiger partial charge is 0.220 e. The molecule has 4 nitrogen and oxygen atoms in total. The third-order valence-electron chi connectivity index (χ3n) is 5.55. The SMILES string of the molecule is CCCC/C=C(/CCCc1ccc(C)cc1)NCCNC(=O)CCSSC1/C=C\CC/C=C\N1. The number of allylic oxidation sites excluding steroid dienone is 4. The number of aryl methyl sites for hydroxylation is 2. The van der Waals surface area contributed by atoms with E-state index in [4.69, 9.17) is 0 Å². The Hall–Kier alpha value is -1.79. The van der Waals surface area contributed by atoms with Crippen LogP contribution in [0, 0.1) is 6.92 Å². The number of hydrogen-bond acceptors (Lipinski definition) is 5. The first-order chi connectivity index (χ1) is 16.7. The monoisotopic (exact) mass is 501 g/mol. The second kappa shape index (κ2) is 18.5. The van der Waals surface area contributed by atoms with Crippen LogP contribution < -0.4 is 16.0 Å². The van der Waals surface area contributed by atoms with Crippen LogP contribution in [0.1, 0.15) is 69.4 Å². The normalized spacial score (nSPS) is 17.8. The fourth-order valence-corrected chi connectivity index (χ4v) is 5.68. The van der Waals surface area contributed by atoms with E-state index in [9.17, 15) is 4.79 Å². The van der Waals surface area contributed by atoms with E-state index >= 15 is 0 Å². The Balaban J connectivity index is 1.59. The van der Waals surface area contributed by atoms with E-state index in [1.54, 1.807) is 21.6 Å². The van der Waals surface area contributed by atoms with E-state index < -0.39 is 0 Å². The van der Waals surface area contributed by atoms with Gasteiger partial charge in [0.25, 0.3) is 0 Å². The number of nitrogens with one attached hydrogen (secondary N) is 3. The average Bonchev–Trinajstić information content (AvgIpc) is 2.81. The zero-order valence-corrected chi connectivity index (χ0v) is 22.6. The van der Waals surface area contributed by atoms with Gasteiger partial charge in [-0.25, -0.2) is 0 Å². The van der Waals surface area contributed by atoms with Crippen LogP contribution in [0.15, 0.2) is 60.5 Å². The first kappa shape index (κ1) is 28.4. The third-order valence-corrected chi connectivity index (χ3v) is 8.09. The molecule has 0 radical (unpaired) electrons. The van der Waals surface area contributed by atoms with E-state index in [1.165, 1.54) is 29.7 Å². The van der Waals surface area contributed by atoms with E-state index in [0.29, 0.717) is 13.0 Å². The van der Waals surface area contributed by atoms with Gasteiger partial charge in [0, 0.05) is 31.0 Å². The molecule has 1 aliphatic heterocycles. The lowest BCUT2D eigenvalue weighted by Gasteiger charge is -2.14. The van der Waals surface area contributed by atoms with Gasteiger partial charge in [-0.3, -0.25) is 4.79 Å². The highest BCUT2D eigenvalue weighted by molar-refractivity contribution is 8.77. The molecule has 1 unspecified atom stereocenters. The summed E-state index contributed by atoms with van der Waals surface area (Å²) in [4.78, 5) is 12.2. The van der Waals surface area contributed by atoms with Gasteiger partial charge >= 0.3 is 0 Å². The maximum Gasteiger partial charge on any atom is 0.220 e. The third kappa shape index (κ3) is 13.8. The Morgan fingerprint density at radius 1 is 1.09 bits per heavy atom. The molecular formula is C28H43N3OS2. The Kier molecular flexibility index (Phi) is 15.5. The zero-order chi connectivity index (χ0) is 24.3. The number of carbonyl (C=O) groups excluding carboxylic acids is 1. The van der Waals surface area contributed by atoms with Crippen molar-refractivity contribution < 1.29 is 4.79 Å². The predicted molar refractivity (Wildman–Crippen MR) is 152 cm³/mol. The van der Waals surface area contributed by atoms with Crippen LogP contribution in [-0.4, -0.2) is 30.1 Å². The summed E-state index contributed by atoms with van der Waals surface area (Å²) in [6, 6.07) is 8.85. The van der Waals surface area contributed by atoms with Crippen molar-refractivity contribution in [3.63, 3.8) is 0 Å². The second-order valence-electron chi connectivity index (χ2n) is 8.65. The van der Waals surface area contributed by atoms with Gasteiger partial charge in [-0.2, -0.15) is 0 Å².